The Hall–Kier alpha value is -1.13. The van der Waals surface area contributed by atoms with Gasteiger partial charge in [-0.15, -0.1) is 0 Å². The van der Waals surface area contributed by atoms with E-state index in [2.05, 4.69) is 0 Å². The molecule has 0 fully saturated rings. The number of hydrogen-bond acceptors (Lipinski definition) is 8. The van der Waals surface area contributed by atoms with E-state index in [9.17, 15) is 20.1 Å². The first-order chi connectivity index (χ1) is 11.0. The molecule has 0 spiro atoms. The molecule has 0 saturated carbocycles. The molecule has 0 aliphatic heterocycles. The van der Waals surface area contributed by atoms with E-state index >= 15 is 0 Å². The smallest absolute Gasteiger partial charge is 0.541 e. The average Bonchev–Trinajstić information content (AvgIpc) is 2.57. The van der Waals surface area contributed by atoms with Crippen molar-refractivity contribution in [2.45, 2.75) is 12.2 Å². The molecule has 24 heavy (non-hydrogen) atoms. The monoisotopic (exact) mass is 350 g/mol. The van der Waals surface area contributed by atoms with Crippen molar-refractivity contribution < 1.29 is 69.4 Å². The topological polar surface area (TPSA) is 140 Å². The maximum atomic E-state index is 11.3. The Morgan fingerprint density at radius 1 is 1.00 bits per heavy atom. The van der Waals surface area contributed by atoms with Crippen molar-refractivity contribution in [1.29, 1.82) is 0 Å². The number of carboxylic acid groups (broad SMARTS) is 1. The van der Waals surface area contributed by atoms with Crippen molar-refractivity contribution in [3.63, 3.8) is 0 Å². The minimum atomic E-state index is -1.69. The van der Waals surface area contributed by atoms with E-state index in [1.807, 2.05) is 0 Å². The minimum absolute atomic E-state index is 0. The van der Waals surface area contributed by atoms with Gasteiger partial charge in [0.25, 0.3) is 0 Å². The third kappa shape index (κ3) is 7.63. The number of rotatable bonds is 10. The first kappa shape index (κ1) is 22.9. The van der Waals surface area contributed by atoms with Crippen LogP contribution >= 0.6 is 0 Å². The van der Waals surface area contributed by atoms with Gasteiger partial charge in [-0.05, 0) is 0 Å². The van der Waals surface area contributed by atoms with Crippen LogP contribution in [0.25, 0.3) is 5.76 Å². The van der Waals surface area contributed by atoms with Gasteiger partial charge >= 0.3 is 29.6 Å². The van der Waals surface area contributed by atoms with Gasteiger partial charge in [0.05, 0.1) is 13.2 Å². The summed E-state index contributed by atoms with van der Waals surface area (Å²) in [5.74, 6) is -2.59. The molecule has 1 aromatic carbocycles. The molecular formula is C15H19NaO8. The zero-order valence-electron chi connectivity index (χ0n) is 13.3. The number of ether oxygens (including phenoxy) is 2. The van der Waals surface area contributed by atoms with E-state index in [4.69, 9.17) is 19.7 Å². The van der Waals surface area contributed by atoms with E-state index in [-0.39, 0.29) is 41.9 Å². The number of hydrogen-bond donors (Lipinski definition) is 4. The van der Waals surface area contributed by atoms with E-state index in [1.54, 1.807) is 30.3 Å². The van der Waals surface area contributed by atoms with E-state index in [0.717, 1.165) is 0 Å². The molecule has 0 aliphatic rings. The first-order valence-corrected chi connectivity index (χ1v) is 6.84. The maximum Gasteiger partial charge on any atom is 1.00 e. The van der Waals surface area contributed by atoms with Crippen molar-refractivity contribution in [3.8, 4) is 0 Å². The Balaban J connectivity index is 0.00000529. The van der Waals surface area contributed by atoms with Crippen molar-refractivity contribution in [2.24, 2.45) is 0 Å². The molecule has 1 aromatic rings. The van der Waals surface area contributed by atoms with Gasteiger partial charge in [0.15, 0.2) is 11.5 Å². The zero-order valence-corrected chi connectivity index (χ0v) is 15.3. The molecule has 0 aromatic heterocycles. The van der Waals surface area contributed by atoms with Crippen LogP contribution in [0.15, 0.2) is 36.1 Å². The van der Waals surface area contributed by atoms with Gasteiger partial charge in [0.2, 0.25) is 0 Å². The van der Waals surface area contributed by atoms with Crippen molar-refractivity contribution in [3.05, 3.63) is 41.7 Å². The fraction of sp³-hybridized carbons (Fsp3) is 0.400. The second kappa shape index (κ2) is 12.3. The molecule has 0 bridgehead atoms. The van der Waals surface area contributed by atoms with Crippen LogP contribution in [-0.4, -0.2) is 65.0 Å². The Labute approximate surface area is 161 Å². The number of aliphatic carboxylic acids is 1. The molecule has 2 unspecified atom stereocenters. The molecule has 128 valence electrons. The maximum absolute atomic E-state index is 11.3. The van der Waals surface area contributed by atoms with E-state index in [0.29, 0.717) is 5.56 Å². The molecule has 1 rings (SSSR count). The van der Waals surface area contributed by atoms with Gasteiger partial charge in [0.1, 0.15) is 31.4 Å². The minimum Gasteiger partial charge on any atom is -0.541 e. The summed E-state index contributed by atoms with van der Waals surface area (Å²) >= 11 is 0. The van der Waals surface area contributed by atoms with Crippen LogP contribution in [0.2, 0.25) is 0 Å². The third-order valence-corrected chi connectivity index (χ3v) is 2.69. The molecule has 4 N–H and O–H groups in total. The van der Waals surface area contributed by atoms with Crippen molar-refractivity contribution in [2.75, 3.05) is 26.4 Å². The summed E-state index contributed by atoms with van der Waals surface area (Å²) < 4.78 is 10.2. The van der Waals surface area contributed by atoms with Crippen LogP contribution in [0.1, 0.15) is 5.56 Å². The normalized spacial score (nSPS) is 14.0. The summed E-state index contributed by atoms with van der Waals surface area (Å²) in [5, 5.41) is 47.5. The molecule has 8 nitrogen and oxygen atoms in total. The van der Waals surface area contributed by atoms with Gasteiger partial charge in [-0.25, -0.2) is 0 Å². The summed E-state index contributed by atoms with van der Waals surface area (Å²) in [5.41, 5.74) is 0.343. The fourth-order valence-corrected chi connectivity index (χ4v) is 1.55. The standard InChI is InChI=1S/C15H20O8.Na/c16-6-11(18)8-22-13(10-4-2-1-3-5-10)14(15(20)21)23-9-12(19)7-17;/h1-5,11-12,16-19H,6-9H2,(H,20,21);/q;+1/p-1. The summed E-state index contributed by atoms with van der Waals surface area (Å²) in [7, 11) is 0. The van der Waals surface area contributed by atoms with Crippen LogP contribution < -0.4 is 34.7 Å². The van der Waals surface area contributed by atoms with Crippen LogP contribution in [0.5, 0.6) is 0 Å². The second-order valence-corrected chi connectivity index (χ2v) is 4.61. The number of aliphatic hydroxyl groups excluding tert-OH is 4. The van der Waals surface area contributed by atoms with Crippen LogP contribution in [0, 0.1) is 0 Å². The summed E-state index contributed by atoms with van der Waals surface area (Å²) in [6, 6.07) is 8.08. The fourth-order valence-electron chi connectivity index (χ4n) is 1.55. The zero-order chi connectivity index (χ0) is 17.2. The molecule has 0 radical (unpaired) electrons. The van der Waals surface area contributed by atoms with Crippen LogP contribution in [-0.2, 0) is 14.3 Å². The Morgan fingerprint density at radius 2 is 1.50 bits per heavy atom. The van der Waals surface area contributed by atoms with Crippen LogP contribution in [0.3, 0.4) is 0 Å². The van der Waals surface area contributed by atoms with Crippen LogP contribution in [0.4, 0.5) is 0 Å². The Bertz CT molecular complexity index is 519. The van der Waals surface area contributed by atoms with Gasteiger partial charge in [-0.2, -0.15) is 0 Å². The number of carboxylic acids is 1. The van der Waals surface area contributed by atoms with E-state index < -0.39 is 43.8 Å². The van der Waals surface area contributed by atoms with Gasteiger partial charge in [0, 0.05) is 5.56 Å². The Morgan fingerprint density at radius 3 is 1.96 bits per heavy atom. The third-order valence-electron chi connectivity index (χ3n) is 2.69. The number of aliphatic hydroxyl groups is 4. The van der Waals surface area contributed by atoms with E-state index in [1.165, 1.54) is 0 Å². The molecule has 2 atom stereocenters. The predicted molar refractivity (Wildman–Crippen MR) is 76.5 cm³/mol. The number of carbonyl (C=O) groups excluding carboxylic acids is 1. The van der Waals surface area contributed by atoms with Crippen molar-refractivity contribution in [1.82, 2.24) is 0 Å². The molecule has 9 heteroatoms. The second-order valence-electron chi connectivity index (χ2n) is 4.61. The molecule has 0 aliphatic carbocycles. The van der Waals surface area contributed by atoms with Gasteiger partial charge < -0.3 is 39.8 Å². The molecule has 0 heterocycles. The average molecular weight is 350 g/mol. The van der Waals surface area contributed by atoms with Gasteiger partial charge in [-0.3, -0.25) is 0 Å². The number of carbonyl (C=O) groups is 1. The largest absolute Gasteiger partial charge is 1.00 e. The Kier molecular flexibility index (Phi) is 11.7. The molecular weight excluding hydrogens is 331 g/mol. The predicted octanol–water partition coefficient (Wildman–Crippen LogP) is -5.15. The van der Waals surface area contributed by atoms with Gasteiger partial charge in [-0.1, -0.05) is 30.3 Å². The summed E-state index contributed by atoms with van der Waals surface area (Å²) in [6.07, 6.45) is -2.48. The first-order valence-electron chi connectivity index (χ1n) is 6.84. The van der Waals surface area contributed by atoms with Crippen molar-refractivity contribution >= 4 is 11.7 Å². The molecule has 0 amide bonds. The summed E-state index contributed by atoms with van der Waals surface area (Å²) in [6.45, 7) is -2.02. The number of benzene rings is 1. The summed E-state index contributed by atoms with van der Waals surface area (Å²) in [4.78, 5) is 11.3. The molecule has 0 saturated heterocycles. The quantitative estimate of drug-likeness (QED) is 0.187. The SMILES string of the molecule is O=C([O-])C(OCC(O)CO)=C(OCC(O)CO)c1ccccc1.[Na+].